The van der Waals surface area contributed by atoms with Crippen molar-refractivity contribution in [3.63, 3.8) is 0 Å². The second kappa shape index (κ2) is 7.50. The summed E-state index contributed by atoms with van der Waals surface area (Å²) in [6, 6.07) is 16.2. The molecule has 1 aromatic heterocycles. The van der Waals surface area contributed by atoms with E-state index in [2.05, 4.69) is 46.4 Å². The number of hydrogen-bond donors (Lipinski definition) is 2. The monoisotopic (exact) mass is 378 g/mol. The van der Waals surface area contributed by atoms with Gasteiger partial charge in [-0.25, -0.2) is 4.98 Å². The highest BCUT2D eigenvalue weighted by atomic mass is 32.1. The van der Waals surface area contributed by atoms with Crippen molar-refractivity contribution in [2.24, 2.45) is 5.73 Å². The van der Waals surface area contributed by atoms with Crippen LogP contribution in [0.2, 0.25) is 0 Å². The Kier molecular flexibility index (Phi) is 4.92. The molecule has 0 bridgehead atoms. The van der Waals surface area contributed by atoms with E-state index >= 15 is 0 Å². The number of nitrogens with zero attached hydrogens (tertiary/aromatic N) is 2. The Morgan fingerprint density at radius 1 is 1.22 bits per heavy atom. The molecule has 1 aliphatic rings. The van der Waals surface area contributed by atoms with Crippen LogP contribution in [0.25, 0.3) is 0 Å². The molecule has 0 saturated heterocycles. The van der Waals surface area contributed by atoms with E-state index in [1.165, 1.54) is 16.7 Å². The Morgan fingerprint density at radius 3 is 2.70 bits per heavy atom. The smallest absolute Gasteiger partial charge is 0.235 e. The molecule has 4 rings (SSSR count). The molecule has 2 heterocycles. The van der Waals surface area contributed by atoms with Crippen LogP contribution in [-0.4, -0.2) is 21.8 Å². The fourth-order valence-electron chi connectivity index (χ4n) is 3.43. The zero-order chi connectivity index (χ0) is 18.8. The number of anilines is 2. The van der Waals surface area contributed by atoms with Crippen molar-refractivity contribution in [1.82, 2.24) is 9.88 Å². The van der Waals surface area contributed by atoms with E-state index in [0.717, 1.165) is 16.5 Å². The standard InChI is InChI=1S/C21H22N4OS/c1-14-6-8-17(9-7-14)23-21-24-18(13-27-21)12-25-11-16-5-3-2-4-15(16)10-19(25)20(22)26/h2-9,13,19H,10-12H2,1H3,(H2,22,26)(H,23,24)/t19-/m1/s1. The predicted octanol–water partition coefficient (Wildman–Crippen LogP) is 3.61. The van der Waals surface area contributed by atoms with Gasteiger partial charge in [0.25, 0.3) is 0 Å². The van der Waals surface area contributed by atoms with Crippen molar-refractivity contribution in [1.29, 1.82) is 0 Å². The molecule has 1 amide bonds. The molecule has 0 fully saturated rings. The number of thiazole rings is 1. The third kappa shape index (κ3) is 4.02. The molecule has 1 atom stereocenters. The van der Waals surface area contributed by atoms with Crippen LogP contribution in [0, 0.1) is 6.92 Å². The van der Waals surface area contributed by atoms with Gasteiger partial charge in [-0.2, -0.15) is 0 Å². The molecule has 0 spiro atoms. The van der Waals surface area contributed by atoms with Gasteiger partial charge in [0.05, 0.1) is 11.7 Å². The summed E-state index contributed by atoms with van der Waals surface area (Å²) in [6.45, 7) is 3.38. The maximum absolute atomic E-state index is 12.0. The van der Waals surface area contributed by atoms with E-state index in [-0.39, 0.29) is 11.9 Å². The Balaban J connectivity index is 1.49. The number of aromatic nitrogens is 1. The summed E-state index contributed by atoms with van der Waals surface area (Å²) in [4.78, 5) is 18.8. The molecule has 5 nitrogen and oxygen atoms in total. The fourth-order valence-corrected chi connectivity index (χ4v) is 4.15. The molecule has 1 aliphatic heterocycles. The Labute approximate surface area is 162 Å². The fraction of sp³-hybridized carbons (Fsp3) is 0.238. The molecule has 6 heteroatoms. The van der Waals surface area contributed by atoms with Crippen molar-refractivity contribution in [2.75, 3.05) is 5.32 Å². The molecule has 0 aliphatic carbocycles. The number of aryl methyl sites for hydroxylation is 1. The summed E-state index contributed by atoms with van der Waals surface area (Å²) in [5.41, 5.74) is 11.3. The highest BCUT2D eigenvalue weighted by Gasteiger charge is 2.30. The number of nitrogens with one attached hydrogen (secondary N) is 1. The molecule has 0 unspecified atom stereocenters. The molecular weight excluding hydrogens is 356 g/mol. The van der Waals surface area contributed by atoms with Crippen molar-refractivity contribution >= 4 is 28.1 Å². The lowest BCUT2D eigenvalue weighted by atomic mass is 9.93. The van der Waals surface area contributed by atoms with E-state index in [1.54, 1.807) is 11.3 Å². The maximum atomic E-state index is 12.0. The summed E-state index contributed by atoms with van der Waals surface area (Å²) >= 11 is 1.57. The average Bonchev–Trinajstić information content (AvgIpc) is 3.10. The van der Waals surface area contributed by atoms with Crippen LogP contribution >= 0.6 is 11.3 Å². The van der Waals surface area contributed by atoms with Gasteiger partial charge < -0.3 is 11.1 Å². The van der Waals surface area contributed by atoms with Crippen LogP contribution in [0.4, 0.5) is 10.8 Å². The minimum atomic E-state index is -0.296. The van der Waals surface area contributed by atoms with Gasteiger partial charge in [0.1, 0.15) is 0 Å². The lowest BCUT2D eigenvalue weighted by Crippen LogP contribution is -2.48. The topological polar surface area (TPSA) is 71.2 Å². The number of carbonyl (C=O) groups is 1. The zero-order valence-corrected chi connectivity index (χ0v) is 16.0. The number of amides is 1. The van der Waals surface area contributed by atoms with Gasteiger partial charge in [-0.1, -0.05) is 42.0 Å². The van der Waals surface area contributed by atoms with Gasteiger partial charge in [-0.3, -0.25) is 9.69 Å². The van der Waals surface area contributed by atoms with Crippen molar-refractivity contribution in [3.05, 3.63) is 76.3 Å². The summed E-state index contributed by atoms with van der Waals surface area (Å²) in [7, 11) is 0. The van der Waals surface area contributed by atoms with E-state index in [0.29, 0.717) is 19.5 Å². The lowest BCUT2D eigenvalue weighted by Gasteiger charge is -2.34. The number of hydrogen-bond acceptors (Lipinski definition) is 5. The average molecular weight is 379 g/mol. The van der Waals surface area contributed by atoms with Gasteiger partial charge in [-0.15, -0.1) is 11.3 Å². The van der Waals surface area contributed by atoms with Gasteiger partial charge in [-0.05, 0) is 36.6 Å². The normalized spacial score (nSPS) is 16.7. The highest BCUT2D eigenvalue weighted by molar-refractivity contribution is 7.13. The molecule has 0 saturated carbocycles. The molecule has 3 N–H and O–H groups in total. The van der Waals surface area contributed by atoms with Crippen LogP contribution < -0.4 is 11.1 Å². The van der Waals surface area contributed by atoms with Crippen LogP contribution in [0.5, 0.6) is 0 Å². The van der Waals surface area contributed by atoms with Crippen molar-refractivity contribution in [2.45, 2.75) is 32.5 Å². The quantitative estimate of drug-likeness (QED) is 0.711. The maximum Gasteiger partial charge on any atom is 0.235 e. The predicted molar refractivity (Wildman–Crippen MR) is 109 cm³/mol. The van der Waals surface area contributed by atoms with E-state index in [4.69, 9.17) is 5.73 Å². The second-order valence-corrected chi connectivity index (χ2v) is 7.79. The third-order valence-electron chi connectivity index (χ3n) is 4.89. The lowest BCUT2D eigenvalue weighted by molar-refractivity contribution is -0.124. The number of fused-ring (bicyclic) bond motifs is 1. The third-order valence-corrected chi connectivity index (χ3v) is 5.70. The van der Waals surface area contributed by atoms with Crippen LogP contribution in [0.3, 0.4) is 0 Å². The van der Waals surface area contributed by atoms with Crippen LogP contribution in [0.1, 0.15) is 22.4 Å². The largest absolute Gasteiger partial charge is 0.368 e. The Hall–Kier alpha value is -2.70. The van der Waals surface area contributed by atoms with Gasteiger partial charge in [0.2, 0.25) is 5.91 Å². The van der Waals surface area contributed by atoms with Crippen LogP contribution in [-0.2, 0) is 24.3 Å². The minimum Gasteiger partial charge on any atom is -0.368 e. The van der Waals surface area contributed by atoms with Gasteiger partial charge >= 0.3 is 0 Å². The Morgan fingerprint density at radius 2 is 1.96 bits per heavy atom. The van der Waals surface area contributed by atoms with Gasteiger partial charge in [0, 0.05) is 24.2 Å². The highest BCUT2D eigenvalue weighted by Crippen LogP contribution is 2.27. The molecule has 2 aromatic carbocycles. The summed E-state index contributed by atoms with van der Waals surface area (Å²) in [5.74, 6) is -0.280. The second-order valence-electron chi connectivity index (χ2n) is 6.93. The van der Waals surface area contributed by atoms with E-state index < -0.39 is 0 Å². The van der Waals surface area contributed by atoms with Gasteiger partial charge in [0.15, 0.2) is 5.13 Å². The summed E-state index contributed by atoms with van der Waals surface area (Å²) in [5, 5.41) is 6.22. The zero-order valence-electron chi connectivity index (χ0n) is 15.2. The first-order valence-electron chi connectivity index (χ1n) is 8.97. The molecular formula is C21H22N4OS. The molecule has 27 heavy (non-hydrogen) atoms. The number of carbonyl (C=O) groups excluding carboxylic acids is 1. The minimum absolute atomic E-state index is 0.280. The molecule has 138 valence electrons. The van der Waals surface area contributed by atoms with E-state index in [9.17, 15) is 4.79 Å². The number of nitrogens with two attached hydrogens (primary N) is 1. The van der Waals surface area contributed by atoms with Crippen molar-refractivity contribution < 1.29 is 4.79 Å². The SMILES string of the molecule is Cc1ccc(Nc2nc(CN3Cc4ccccc4C[C@@H]3C(N)=O)cs2)cc1. The molecule has 0 radical (unpaired) electrons. The molecule has 3 aromatic rings. The Bertz CT molecular complexity index is 951. The summed E-state index contributed by atoms with van der Waals surface area (Å²) < 4.78 is 0. The summed E-state index contributed by atoms with van der Waals surface area (Å²) in [6.07, 6.45) is 0.657. The number of rotatable bonds is 5. The first-order valence-corrected chi connectivity index (χ1v) is 9.85. The van der Waals surface area contributed by atoms with Crippen LogP contribution in [0.15, 0.2) is 53.9 Å². The number of benzene rings is 2. The van der Waals surface area contributed by atoms with E-state index in [1.807, 2.05) is 29.6 Å². The first kappa shape index (κ1) is 17.7. The number of primary amides is 1. The first-order chi connectivity index (χ1) is 13.1. The van der Waals surface area contributed by atoms with Crippen molar-refractivity contribution in [3.8, 4) is 0 Å².